The maximum Gasteiger partial charge on any atom is 0.167 e. The fourth-order valence-electron chi connectivity index (χ4n) is 4.52. The summed E-state index contributed by atoms with van der Waals surface area (Å²) in [5, 5.41) is 2.19. The van der Waals surface area contributed by atoms with Crippen molar-refractivity contribution in [2.75, 3.05) is 0 Å². The highest BCUT2D eigenvalue weighted by molar-refractivity contribution is 7.58. The quantitative estimate of drug-likeness (QED) is 0.422. The van der Waals surface area contributed by atoms with Crippen LogP contribution < -0.4 is 0 Å². The number of Topliss-reactive ketones (excluding diaryl/α,β-unsaturated/α-hetero) is 2. The zero-order chi connectivity index (χ0) is 24.8. The van der Waals surface area contributed by atoms with Gasteiger partial charge in [-0.3, -0.25) is 9.59 Å². The lowest BCUT2D eigenvalue weighted by atomic mass is 9.71. The van der Waals surface area contributed by atoms with Crippen LogP contribution in [0.2, 0.25) is 0 Å². The second-order valence-corrected chi connectivity index (χ2v) is 14.0. The Kier molecular flexibility index (Phi) is 7.43. The topological polar surface area (TPSA) is 34.1 Å². The van der Waals surface area contributed by atoms with Crippen LogP contribution in [0.1, 0.15) is 132 Å². The molecule has 2 nitrogen and oxygen atoms in total. The lowest BCUT2D eigenvalue weighted by molar-refractivity contribution is 0.0979. The second kappa shape index (κ2) is 8.94. The van der Waals surface area contributed by atoms with E-state index in [1.165, 1.54) is 10.9 Å². The van der Waals surface area contributed by atoms with Crippen LogP contribution in [0.15, 0.2) is 17.9 Å². The molecule has 0 N–H and O–H groups in total. The minimum atomic E-state index is -0.955. The summed E-state index contributed by atoms with van der Waals surface area (Å²) in [6.07, 6.45) is 0.980. The van der Waals surface area contributed by atoms with Gasteiger partial charge >= 0.3 is 0 Å². The maximum atomic E-state index is 13.5. The van der Waals surface area contributed by atoms with Gasteiger partial charge in [-0.25, -0.2) is 0 Å². The molecule has 2 aromatic rings. The number of rotatable bonds is 5. The Morgan fingerprint density at radius 1 is 0.781 bits per heavy atom. The van der Waals surface area contributed by atoms with Crippen molar-refractivity contribution in [3.8, 4) is 5.30 Å². The Morgan fingerprint density at radius 3 is 1.69 bits per heavy atom. The highest BCUT2D eigenvalue weighted by Gasteiger charge is 2.36. The zero-order valence-corrected chi connectivity index (χ0v) is 23.3. The molecule has 1 atom stereocenters. The van der Waals surface area contributed by atoms with Gasteiger partial charge in [0.15, 0.2) is 11.6 Å². The molecule has 3 heteroatoms. The van der Waals surface area contributed by atoms with Gasteiger partial charge in [0.2, 0.25) is 0 Å². The van der Waals surface area contributed by atoms with E-state index in [1.54, 1.807) is 0 Å². The largest absolute Gasteiger partial charge is 0.294 e. The Morgan fingerprint density at radius 2 is 1.28 bits per heavy atom. The lowest BCUT2D eigenvalue weighted by Gasteiger charge is -2.36. The van der Waals surface area contributed by atoms with Gasteiger partial charge in [-0.2, -0.15) is 0 Å². The molecule has 0 saturated carbocycles. The van der Waals surface area contributed by atoms with E-state index < -0.39 is 7.53 Å². The molecular weight excluding hydrogens is 411 g/mol. The summed E-state index contributed by atoms with van der Waals surface area (Å²) in [6, 6.07) is 4.41. The average molecular weight is 455 g/mol. The molecule has 32 heavy (non-hydrogen) atoms. The molecule has 1 aromatic carbocycles. The van der Waals surface area contributed by atoms with Gasteiger partial charge < -0.3 is 0 Å². The van der Waals surface area contributed by atoms with E-state index in [1.807, 2.05) is 13.8 Å². The van der Waals surface area contributed by atoms with Crippen LogP contribution in [-0.4, -0.2) is 11.6 Å². The molecule has 0 radical (unpaired) electrons. The van der Waals surface area contributed by atoms with Crippen molar-refractivity contribution in [1.82, 2.24) is 0 Å². The third-order valence-corrected chi connectivity index (χ3v) is 8.66. The molecular formula is C29H43O2P. The van der Waals surface area contributed by atoms with E-state index in [0.717, 1.165) is 27.5 Å². The summed E-state index contributed by atoms with van der Waals surface area (Å²) in [7, 11) is -0.955. The average Bonchev–Trinajstić information content (AvgIpc) is 3.03. The number of hydrogen-bond acceptors (Lipinski definition) is 2. The molecule has 0 fully saturated rings. The van der Waals surface area contributed by atoms with Gasteiger partial charge in [0.25, 0.3) is 0 Å². The minimum absolute atomic E-state index is 0.115. The van der Waals surface area contributed by atoms with Crippen LogP contribution in [0.4, 0.5) is 0 Å². The monoisotopic (exact) mass is 454 g/mol. The zero-order valence-electron chi connectivity index (χ0n) is 22.4. The van der Waals surface area contributed by atoms with Crippen LogP contribution in [0, 0.1) is 6.92 Å². The number of carbonyl (C=O) groups is 2. The van der Waals surface area contributed by atoms with E-state index in [2.05, 4.69) is 87.2 Å². The smallest absolute Gasteiger partial charge is 0.167 e. The molecule has 0 aliphatic rings. The summed E-state index contributed by atoms with van der Waals surface area (Å²) >= 11 is 0. The van der Waals surface area contributed by atoms with E-state index in [0.29, 0.717) is 12.8 Å². The molecule has 0 amide bonds. The van der Waals surface area contributed by atoms with E-state index in [9.17, 15) is 9.59 Å². The minimum Gasteiger partial charge on any atom is -0.294 e. The van der Waals surface area contributed by atoms with Crippen LogP contribution in [0.3, 0.4) is 0 Å². The maximum absolute atomic E-state index is 13.5. The summed E-state index contributed by atoms with van der Waals surface area (Å²) in [4.78, 5) is 26.6. The first-order valence-corrected chi connectivity index (χ1v) is 13.3. The van der Waals surface area contributed by atoms with Gasteiger partial charge in [0.05, 0.1) is 0 Å². The van der Waals surface area contributed by atoms with Gasteiger partial charge in [0.1, 0.15) is 0 Å². The van der Waals surface area contributed by atoms with Crippen molar-refractivity contribution in [2.24, 2.45) is 0 Å². The first-order chi connectivity index (χ1) is 14.5. The second-order valence-electron chi connectivity index (χ2n) is 12.1. The van der Waals surface area contributed by atoms with Crippen molar-refractivity contribution >= 4 is 19.1 Å². The van der Waals surface area contributed by atoms with Gasteiger partial charge in [-0.1, -0.05) is 95.8 Å². The molecule has 0 bridgehead atoms. The van der Waals surface area contributed by atoms with Crippen molar-refractivity contribution in [3.05, 3.63) is 51.0 Å². The standard InChI is InChI=1S/C29H43O2P/c1-13-21(30)23-19(27(4,5)6)17-20(28(7,8)9)26(24(23)29(10,11)12)32-16-15-18(3)25(32)22(31)14-2/h15-17H,13-14H2,1-12H3. The van der Waals surface area contributed by atoms with Crippen LogP contribution >= 0.6 is 7.53 Å². The molecule has 1 heterocycles. The fourth-order valence-corrected chi connectivity index (χ4v) is 7.64. The van der Waals surface area contributed by atoms with E-state index in [4.69, 9.17) is 0 Å². The van der Waals surface area contributed by atoms with Gasteiger partial charge in [-0.05, 0) is 51.2 Å². The molecule has 0 aliphatic heterocycles. The Hall–Kier alpha value is -1.66. The molecule has 176 valence electrons. The van der Waals surface area contributed by atoms with Crippen molar-refractivity contribution < 1.29 is 9.59 Å². The van der Waals surface area contributed by atoms with Crippen molar-refractivity contribution in [3.63, 3.8) is 0 Å². The normalized spacial score (nSPS) is 13.4. The molecule has 0 aliphatic carbocycles. The van der Waals surface area contributed by atoms with E-state index in [-0.39, 0.29) is 27.8 Å². The third kappa shape index (κ3) is 4.96. The van der Waals surface area contributed by atoms with Gasteiger partial charge in [0, 0.05) is 29.0 Å². The highest BCUT2D eigenvalue weighted by Crippen LogP contribution is 2.56. The third-order valence-electron chi connectivity index (χ3n) is 6.18. The molecule has 0 saturated heterocycles. The van der Waals surface area contributed by atoms with Crippen LogP contribution in [0.25, 0.3) is 5.30 Å². The highest BCUT2D eigenvalue weighted by atomic mass is 31.1. The predicted molar refractivity (Wildman–Crippen MR) is 141 cm³/mol. The Labute approximate surface area is 197 Å². The summed E-state index contributed by atoms with van der Waals surface area (Å²) < 4.78 is 0. The number of hydrogen-bond donors (Lipinski definition) is 0. The SMILES string of the molecule is CCC(=O)c1c(C(C)(C)C)cc(C(C)(C)C)c(-p2ccc(C)c2C(=O)CC)c1C(C)(C)C. The molecule has 1 aromatic heterocycles. The number of carbonyl (C=O) groups excluding carboxylic acids is 2. The first kappa shape index (κ1) is 26.6. The Balaban J connectivity index is 3.29. The van der Waals surface area contributed by atoms with Crippen LogP contribution in [0.5, 0.6) is 0 Å². The van der Waals surface area contributed by atoms with Crippen molar-refractivity contribution in [1.29, 1.82) is 0 Å². The van der Waals surface area contributed by atoms with Gasteiger partial charge in [-0.15, -0.1) is 0 Å². The predicted octanol–water partition coefficient (Wildman–Crippen LogP) is 9.05. The van der Waals surface area contributed by atoms with E-state index >= 15 is 0 Å². The summed E-state index contributed by atoms with van der Waals surface area (Å²) in [5.41, 5.74) is 5.00. The summed E-state index contributed by atoms with van der Waals surface area (Å²) in [5.74, 6) is 2.66. The fraction of sp³-hybridized carbons (Fsp3) is 0.586. The van der Waals surface area contributed by atoms with Crippen molar-refractivity contribution in [2.45, 2.75) is 112 Å². The molecule has 0 spiro atoms. The Bertz CT molecular complexity index is 1030. The number of benzene rings is 1. The number of aryl methyl sites for hydroxylation is 1. The summed E-state index contributed by atoms with van der Waals surface area (Å²) in [6.45, 7) is 25.9. The lowest BCUT2D eigenvalue weighted by Crippen LogP contribution is -2.27. The molecule has 1 unspecified atom stereocenters. The molecule has 2 rings (SSSR count). The number of ketones is 2. The first-order valence-electron chi connectivity index (χ1n) is 11.9. The van der Waals surface area contributed by atoms with Crippen LogP contribution in [-0.2, 0) is 16.2 Å².